The van der Waals surface area contributed by atoms with Crippen molar-refractivity contribution < 1.29 is 14.0 Å². The molecule has 0 aliphatic rings. The minimum atomic E-state index is -0.400. The fourth-order valence-corrected chi connectivity index (χ4v) is 3.12. The molecule has 0 aliphatic heterocycles. The first-order valence-electron chi connectivity index (χ1n) is 10.0. The molecule has 31 heavy (non-hydrogen) atoms. The third-order valence-electron chi connectivity index (χ3n) is 4.80. The zero-order chi connectivity index (χ0) is 22.4. The third kappa shape index (κ3) is 5.25. The van der Waals surface area contributed by atoms with Crippen LogP contribution >= 0.6 is 0 Å². The first-order valence-corrected chi connectivity index (χ1v) is 10.0. The van der Waals surface area contributed by atoms with Gasteiger partial charge < -0.3 is 4.90 Å². The number of aromatic nitrogens is 2. The lowest BCUT2D eigenvalue weighted by atomic mass is 10.2. The maximum Gasteiger partial charge on any atom is 0.246 e. The van der Waals surface area contributed by atoms with Crippen molar-refractivity contribution in [3.05, 3.63) is 78.8 Å². The number of aryl methyl sites for hydroxylation is 1. The number of nitrogens with zero attached hydrogens (tertiary/aromatic N) is 3. The molecule has 1 aromatic heterocycles. The lowest BCUT2D eigenvalue weighted by Crippen LogP contribution is -2.38. The van der Waals surface area contributed by atoms with E-state index in [1.165, 1.54) is 11.0 Å². The minimum absolute atomic E-state index is 0.130. The molecule has 0 aliphatic carbocycles. The summed E-state index contributed by atoms with van der Waals surface area (Å²) in [4.78, 5) is 30.7. The molecule has 2 amide bonds. The molecule has 0 saturated heterocycles. The van der Waals surface area contributed by atoms with Crippen LogP contribution in [0.4, 0.5) is 10.3 Å². The van der Waals surface area contributed by atoms with E-state index in [-0.39, 0.29) is 37.2 Å². The normalized spacial score (nSPS) is 10.5. The zero-order valence-corrected chi connectivity index (χ0v) is 17.6. The molecule has 1 heterocycles. The van der Waals surface area contributed by atoms with Crippen molar-refractivity contribution in [3.8, 4) is 16.9 Å². The number of imidazole rings is 1. The highest BCUT2D eigenvalue weighted by Gasteiger charge is 2.18. The van der Waals surface area contributed by atoms with Crippen LogP contribution in [0.3, 0.4) is 0 Å². The molecule has 3 rings (SSSR count). The summed E-state index contributed by atoms with van der Waals surface area (Å²) < 4.78 is 15.8. The lowest BCUT2D eigenvalue weighted by molar-refractivity contribution is -0.133. The van der Waals surface area contributed by atoms with Gasteiger partial charge in [0.25, 0.3) is 0 Å². The number of rotatable bonds is 8. The quantitative estimate of drug-likeness (QED) is 0.551. The van der Waals surface area contributed by atoms with E-state index in [0.29, 0.717) is 16.9 Å². The summed E-state index contributed by atoms with van der Waals surface area (Å²) in [5.74, 6) is -0.656. The average Bonchev–Trinajstić information content (AvgIpc) is 3.19. The van der Waals surface area contributed by atoms with Gasteiger partial charge in [0.1, 0.15) is 12.4 Å². The molecule has 6 nitrogen and oxygen atoms in total. The van der Waals surface area contributed by atoms with Crippen molar-refractivity contribution in [2.75, 3.05) is 18.4 Å². The topological polar surface area (TPSA) is 67.2 Å². The van der Waals surface area contributed by atoms with Gasteiger partial charge in [-0.05, 0) is 24.6 Å². The summed E-state index contributed by atoms with van der Waals surface area (Å²) in [5, 5.41) is 2.76. The highest BCUT2D eigenvalue weighted by molar-refractivity contribution is 5.93. The van der Waals surface area contributed by atoms with E-state index in [2.05, 4.69) is 16.9 Å². The second kappa shape index (κ2) is 9.84. The van der Waals surface area contributed by atoms with Gasteiger partial charge in [-0.15, -0.1) is 6.58 Å². The molecule has 0 bridgehead atoms. The Hall–Kier alpha value is -3.74. The number of hydrogen-bond acceptors (Lipinski definition) is 3. The molecule has 0 unspecified atom stereocenters. The van der Waals surface area contributed by atoms with Crippen LogP contribution in [0.2, 0.25) is 0 Å². The van der Waals surface area contributed by atoms with Crippen molar-refractivity contribution in [1.82, 2.24) is 14.5 Å². The van der Waals surface area contributed by atoms with E-state index in [9.17, 15) is 14.0 Å². The van der Waals surface area contributed by atoms with Crippen LogP contribution < -0.4 is 5.32 Å². The van der Waals surface area contributed by atoms with E-state index >= 15 is 0 Å². The van der Waals surface area contributed by atoms with Gasteiger partial charge in [-0.3, -0.25) is 19.5 Å². The highest BCUT2D eigenvalue weighted by atomic mass is 19.1. The molecule has 1 N–H and O–H groups in total. The first-order chi connectivity index (χ1) is 14.9. The molecule has 3 aromatic rings. The Morgan fingerprint density at radius 2 is 1.97 bits per heavy atom. The first kappa shape index (κ1) is 22.0. The number of nitrogens with one attached hydrogen (secondary N) is 1. The van der Waals surface area contributed by atoms with Gasteiger partial charge in [0.2, 0.25) is 17.8 Å². The van der Waals surface area contributed by atoms with E-state index < -0.39 is 5.91 Å². The Bertz CT molecular complexity index is 1090. The number of halogens is 1. The Morgan fingerprint density at radius 1 is 1.23 bits per heavy atom. The van der Waals surface area contributed by atoms with Gasteiger partial charge in [-0.1, -0.05) is 49.4 Å². The van der Waals surface area contributed by atoms with E-state index in [1.807, 2.05) is 30.3 Å². The maximum absolute atomic E-state index is 14.2. The van der Waals surface area contributed by atoms with Crippen LogP contribution in [0.1, 0.15) is 18.9 Å². The van der Waals surface area contributed by atoms with Crippen molar-refractivity contribution in [3.63, 3.8) is 0 Å². The van der Waals surface area contributed by atoms with E-state index in [1.54, 1.807) is 42.8 Å². The Balaban J connectivity index is 1.94. The molecular weight excluding hydrogens is 395 g/mol. The molecule has 160 valence electrons. The smallest absolute Gasteiger partial charge is 0.246 e. The molecular formula is C24H25FN4O2. The number of carbonyl (C=O) groups excluding carboxylic acids is 2. The highest BCUT2D eigenvalue weighted by Crippen LogP contribution is 2.25. The molecule has 0 atom stereocenters. The monoisotopic (exact) mass is 420 g/mol. The summed E-state index contributed by atoms with van der Waals surface area (Å²) >= 11 is 0. The molecule has 0 radical (unpaired) electrons. The standard InChI is InChI=1S/C24H25FN4O2/c1-4-13-28(23(31)5-2)16-22(30)27-24-26-21(18-9-7-6-8-10-18)15-29(24)19-12-11-17(3)20(25)14-19/h4,6-12,14-15H,1,5,13,16H2,2-3H3,(H,26,27,30). The molecule has 7 heteroatoms. The Labute approximate surface area is 181 Å². The fourth-order valence-electron chi connectivity index (χ4n) is 3.12. The second-order valence-electron chi connectivity index (χ2n) is 7.08. The summed E-state index contributed by atoms with van der Waals surface area (Å²) in [6.07, 6.45) is 3.61. The predicted molar refractivity (Wildman–Crippen MR) is 119 cm³/mol. The number of hydrogen-bond donors (Lipinski definition) is 1. The van der Waals surface area contributed by atoms with E-state index in [0.717, 1.165) is 5.56 Å². The van der Waals surface area contributed by atoms with Gasteiger partial charge in [-0.2, -0.15) is 0 Å². The van der Waals surface area contributed by atoms with Gasteiger partial charge in [0.15, 0.2) is 0 Å². The van der Waals surface area contributed by atoms with Crippen molar-refractivity contribution in [1.29, 1.82) is 0 Å². The van der Waals surface area contributed by atoms with Gasteiger partial charge in [-0.25, -0.2) is 9.37 Å². The summed E-state index contributed by atoms with van der Waals surface area (Å²) in [7, 11) is 0. The SMILES string of the molecule is C=CCN(CC(=O)Nc1nc(-c2ccccc2)cn1-c1ccc(C)c(F)c1)C(=O)CC. The van der Waals surface area contributed by atoms with Crippen LogP contribution in [0.15, 0.2) is 67.4 Å². The number of benzene rings is 2. The average molecular weight is 420 g/mol. The molecule has 0 fully saturated rings. The van der Waals surface area contributed by atoms with Crippen LogP contribution in [-0.4, -0.2) is 39.4 Å². The third-order valence-corrected chi connectivity index (χ3v) is 4.80. The molecule has 0 saturated carbocycles. The Morgan fingerprint density at radius 3 is 2.61 bits per heavy atom. The largest absolute Gasteiger partial charge is 0.330 e. The van der Waals surface area contributed by atoms with Gasteiger partial charge >= 0.3 is 0 Å². The molecule has 0 spiro atoms. The van der Waals surface area contributed by atoms with Crippen LogP contribution in [0.5, 0.6) is 0 Å². The summed E-state index contributed by atoms with van der Waals surface area (Å²) in [6, 6.07) is 14.3. The summed E-state index contributed by atoms with van der Waals surface area (Å²) in [6.45, 7) is 7.20. The number of anilines is 1. The second-order valence-corrected chi connectivity index (χ2v) is 7.08. The lowest BCUT2D eigenvalue weighted by Gasteiger charge is -2.20. The van der Waals surface area contributed by atoms with Crippen molar-refractivity contribution >= 4 is 17.8 Å². The Kier molecular flexibility index (Phi) is 6.97. The molecule has 2 aromatic carbocycles. The number of carbonyl (C=O) groups is 2. The summed E-state index contributed by atoms with van der Waals surface area (Å²) in [5.41, 5.74) is 2.54. The van der Waals surface area contributed by atoms with E-state index in [4.69, 9.17) is 0 Å². The predicted octanol–water partition coefficient (Wildman–Crippen LogP) is 4.35. The minimum Gasteiger partial charge on any atom is -0.330 e. The van der Waals surface area contributed by atoms with Gasteiger partial charge in [0.05, 0.1) is 11.4 Å². The van der Waals surface area contributed by atoms with Crippen LogP contribution in [0.25, 0.3) is 16.9 Å². The fraction of sp³-hybridized carbons (Fsp3) is 0.208. The zero-order valence-electron chi connectivity index (χ0n) is 17.6. The maximum atomic E-state index is 14.2. The van der Waals surface area contributed by atoms with Crippen molar-refractivity contribution in [2.45, 2.75) is 20.3 Å². The van der Waals surface area contributed by atoms with Crippen LogP contribution in [0, 0.1) is 12.7 Å². The van der Waals surface area contributed by atoms with Crippen LogP contribution in [-0.2, 0) is 9.59 Å². The van der Waals surface area contributed by atoms with Gasteiger partial charge in [0, 0.05) is 24.7 Å². The number of amides is 2. The van der Waals surface area contributed by atoms with Crippen molar-refractivity contribution in [2.24, 2.45) is 0 Å².